The first-order valence-electron chi connectivity index (χ1n) is 3.84. The smallest absolute Gasteiger partial charge is 0.142 e. The van der Waals surface area contributed by atoms with Gasteiger partial charge in [0, 0.05) is 5.56 Å². The second kappa shape index (κ2) is 4.00. The van der Waals surface area contributed by atoms with Gasteiger partial charge >= 0.3 is 0 Å². The molecular weight excluding hydrogens is 170 g/mol. The lowest BCUT2D eigenvalue weighted by Crippen LogP contribution is -2.01. The van der Waals surface area contributed by atoms with Crippen LogP contribution in [0.3, 0.4) is 0 Å². The summed E-state index contributed by atoms with van der Waals surface area (Å²) >= 11 is 0. The maximum atomic E-state index is 9.03. The van der Waals surface area contributed by atoms with Crippen LogP contribution in [-0.4, -0.2) is 19.3 Å². The van der Waals surface area contributed by atoms with Crippen molar-refractivity contribution < 1.29 is 14.6 Å². The molecule has 3 N–H and O–H groups in total. The van der Waals surface area contributed by atoms with Gasteiger partial charge in [-0.3, -0.25) is 0 Å². The van der Waals surface area contributed by atoms with E-state index < -0.39 is 0 Å². The summed E-state index contributed by atoms with van der Waals surface area (Å²) < 4.78 is 10.0. The van der Waals surface area contributed by atoms with Gasteiger partial charge < -0.3 is 20.3 Å². The Morgan fingerprint density at radius 2 is 1.77 bits per heavy atom. The van der Waals surface area contributed by atoms with Crippen LogP contribution < -0.4 is 15.2 Å². The summed E-state index contributed by atoms with van der Waals surface area (Å²) in [5.74, 6) is 1.12. The molecule has 0 aromatic heterocycles. The topological polar surface area (TPSA) is 64.7 Å². The summed E-state index contributed by atoms with van der Waals surface area (Å²) in [5, 5.41) is 9.03. The summed E-state index contributed by atoms with van der Waals surface area (Å²) in [6, 6.07) is 3.41. The second-order valence-electron chi connectivity index (χ2n) is 2.52. The summed E-state index contributed by atoms with van der Waals surface area (Å²) in [6.07, 6.45) is 0. The zero-order valence-electron chi connectivity index (χ0n) is 7.70. The first-order valence-corrected chi connectivity index (χ1v) is 3.84. The van der Waals surface area contributed by atoms with Gasteiger partial charge in [-0.25, -0.2) is 0 Å². The van der Waals surface area contributed by atoms with E-state index in [4.69, 9.17) is 20.3 Å². The number of rotatable bonds is 3. The first kappa shape index (κ1) is 9.67. The van der Waals surface area contributed by atoms with Gasteiger partial charge in [0.15, 0.2) is 0 Å². The minimum absolute atomic E-state index is 0.161. The van der Waals surface area contributed by atoms with Gasteiger partial charge in [-0.05, 0) is 12.1 Å². The Hall–Kier alpha value is -1.42. The molecule has 1 aromatic rings. The average Bonchev–Trinajstić information content (AvgIpc) is 2.17. The third-order valence-electron chi connectivity index (χ3n) is 1.87. The van der Waals surface area contributed by atoms with Gasteiger partial charge in [-0.15, -0.1) is 0 Å². The molecule has 4 heteroatoms. The summed E-state index contributed by atoms with van der Waals surface area (Å²) in [4.78, 5) is 0. The van der Waals surface area contributed by atoms with Crippen LogP contribution >= 0.6 is 0 Å². The molecule has 0 fully saturated rings. The van der Waals surface area contributed by atoms with Crippen LogP contribution in [0.25, 0.3) is 0 Å². The standard InChI is InChI=1S/C9H13NO3/c1-12-7-3-4-8(13-2)9(10)6(7)5-11/h3-4,11H,5,10H2,1-2H3. The van der Waals surface area contributed by atoms with Gasteiger partial charge in [0.1, 0.15) is 11.5 Å². The third-order valence-corrected chi connectivity index (χ3v) is 1.87. The molecule has 0 unspecified atom stereocenters. The van der Waals surface area contributed by atoms with Crippen LogP contribution in [0.2, 0.25) is 0 Å². The summed E-state index contributed by atoms with van der Waals surface area (Å²) in [7, 11) is 3.06. The molecule has 1 rings (SSSR count). The van der Waals surface area contributed by atoms with Gasteiger partial charge in [-0.2, -0.15) is 0 Å². The number of ether oxygens (including phenoxy) is 2. The molecular formula is C9H13NO3. The van der Waals surface area contributed by atoms with Gasteiger partial charge in [0.25, 0.3) is 0 Å². The number of aliphatic hydroxyl groups excluding tert-OH is 1. The van der Waals surface area contributed by atoms with E-state index in [9.17, 15) is 0 Å². The zero-order chi connectivity index (χ0) is 9.84. The predicted octanol–water partition coefficient (Wildman–Crippen LogP) is 0.778. The molecule has 72 valence electrons. The monoisotopic (exact) mass is 183 g/mol. The Morgan fingerprint density at radius 1 is 1.23 bits per heavy atom. The highest BCUT2D eigenvalue weighted by atomic mass is 16.5. The van der Waals surface area contributed by atoms with Crippen LogP contribution in [0.4, 0.5) is 5.69 Å². The van der Waals surface area contributed by atoms with E-state index in [1.54, 1.807) is 12.1 Å². The van der Waals surface area contributed by atoms with Crippen molar-refractivity contribution in [2.24, 2.45) is 0 Å². The first-order chi connectivity index (χ1) is 6.24. The van der Waals surface area contributed by atoms with E-state index >= 15 is 0 Å². The fourth-order valence-corrected chi connectivity index (χ4v) is 1.16. The Kier molecular flexibility index (Phi) is 2.97. The van der Waals surface area contributed by atoms with Crippen LogP contribution in [-0.2, 0) is 6.61 Å². The summed E-state index contributed by atoms with van der Waals surface area (Å²) in [5.41, 5.74) is 6.69. The molecule has 0 atom stereocenters. The molecule has 1 aromatic carbocycles. The highest BCUT2D eigenvalue weighted by molar-refractivity contribution is 5.63. The van der Waals surface area contributed by atoms with E-state index in [-0.39, 0.29) is 6.61 Å². The van der Waals surface area contributed by atoms with Crippen LogP contribution in [0.5, 0.6) is 11.5 Å². The number of aliphatic hydroxyl groups is 1. The maximum absolute atomic E-state index is 9.03. The molecule has 13 heavy (non-hydrogen) atoms. The Balaban J connectivity index is 3.23. The number of anilines is 1. The van der Waals surface area contributed by atoms with Crippen LogP contribution in [0, 0.1) is 0 Å². The van der Waals surface area contributed by atoms with Gasteiger partial charge in [-0.1, -0.05) is 0 Å². The van der Waals surface area contributed by atoms with Crippen molar-refractivity contribution in [1.82, 2.24) is 0 Å². The van der Waals surface area contributed by atoms with Crippen molar-refractivity contribution >= 4 is 5.69 Å². The molecule has 0 aliphatic carbocycles. The number of nitrogens with two attached hydrogens (primary N) is 1. The van der Waals surface area contributed by atoms with E-state index in [0.29, 0.717) is 22.7 Å². The van der Waals surface area contributed by atoms with Crippen LogP contribution in [0.1, 0.15) is 5.56 Å². The fourth-order valence-electron chi connectivity index (χ4n) is 1.16. The number of hydrogen-bond acceptors (Lipinski definition) is 4. The molecule has 0 amide bonds. The van der Waals surface area contributed by atoms with Crippen molar-refractivity contribution in [2.75, 3.05) is 20.0 Å². The lowest BCUT2D eigenvalue weighted by Gasteiger charge is -2.12. The second-order valence-corrected chi connectivity index (χ2v) is 2.52. The van der Waals surface area contributed by atoms with Gasteiger partial charge in [0.05, 0.1) is 26.5 Å². The Morgan fingerprint density at radius 3 is 2.23 bits per heavy atom. The molecule has 0 heterocycles. The molecule has 0 saturated heterocycles. The molecule has 0 radical (unpaired) electrons. The number of methoxy groups -OCH3 is 2. The van der Waals surface area contributed by atoms with Gasteiger partial charge in [0.2, 0.25) is 0 Å². The number of hydrogen-bond donors (Lipinski definition) is 2. The molecule has 0 saturated carbocycles. The van der Waals surface area contributed by atoms with E-state index in [0.717, 1.165) is 0 Å². The van der Waals surface area contributed by atoms with Crippen molar-refractivity contribution in [1.29, 1.82) is 0 Å². The molecule has 0 aliphatic rings. The van der Waals surface area contributed by atoms with Crippen molar-refractivity contribution in [2.45, 2.75) is 6.61 Å². The van der Waals surface area contributed by atoms with E-state index in [1.807, 2.05) is 0 Å². The SMILES string of the molecule is COc1ccc(OC)c(CO)c1N. The highest BCUT2D eigenvalue weighted by Gasteiger charge is 2.10. The van der Waals surface area contributed by atoms with E-state index in [2.05, 4.69) is 0 Å². The van der Waals surface area contributed by atoms with Crippen LogP contribution in [0.15, 0.2) is 12.1 Å². The average molecular weight is 183 g/mol. The predicted molar refractivity (Wildman–Crippen MR) is 49.9 cm³/mol. The largest absolute Gasteiger partial charge is 0.496 e. The van der Waals surface area contributed by atoms with Crippen molar-refractivity contribution in [3.63, 3.8) is 0 Å². The Labute approximate surface area is 76.9 Å². The zero-order valence-corrected chi connectivity index (χ0v) is 7.70. The molecule has 0 spiro atoms. The fraction of sp³-hybridized carbons (Fsp3) is 0.333. The molecule has 4 nitrogen and oxygen atoms in total. The number of nitrogen functional groups attached to an aromatic ring is 1. The summed E-state index contributed by atoms with van der Waals surface area (Å²) in [6.45, 7) is -0.161. The lowest BCUT2D eigenvalue weighted by atomic mass is 10.1. The lowest BCUT2D eigenvalue weighted by molar-refractivity contribution is 0.274. The quantitative estimate of drug-likeness (QED) is 0.679. The minimum atomic E-state index is -0.161. The van der Waals surface area contributed by atoms with Crippen molar-refractivity contribution in [3.8, 4) is 11.5 Å². The van der Waals surface area contributed by atoms with Crippen molar-refractivity contribution in [3.05, 3.63) is 17.7 Å². The maximum Gasteiger partial charge on any atom is 0.142 e. The minimum Gasteiger partial charge on any atom is -0.496 e. The number of benzene rings is 1. The van der Waals surface area contributed by atoms with E-state index in [1.165, 1.54) is 14.2 Å². The molecule has 0 aliphatic heterocycles. The molecule has 0 bridgehead atoms. The Bertz CT molecular complexity index is 299. The highest BCUT2D eigenvalue weighted by Crippen LogP contribution is 2.32. The normalized spacial score (nSPS) is 9.77. The third kappa shape index (κ3) is 1.67.